The van der Waals surface area contributed by atoms with Gasteiger partial charge in [0.2, 0.25) is 0 Å². The number of rotatable bonds is 3. The number of piperazine rings is 1. The van der Waals surface area contributed by atoms with Crippen LogP contribution in [0.4, 0.5) is 24.3 Å². The lowest BCUT2D eigenvalue weighted by Gasteiger charge is -2.41. The van der Waals surface area contributed by atoms with E-state index in [1.165, 1.54) is 22.7 Å². The number of nitrogens with zero attached hydrogens (tertiary/aromatic N) is 4. The van der Waals surface area contributed by atoms with E-state index in [1.54, 1.807) is 13.1 Å². The molecule has 2 atom stereocenters. The fourth-order valence-electron chi connectivity index (χ4n) is 4.80. The highest BCUT2D eigenvalue weighted by atomic mass is 32.1. The summed E-state index contributed by atoms with van der Waals surface area (Å²) in [4.78, 5) is 33.4. The highest BCUT2D eigenvalue weighted by Gasteiger charge is 2.44. The van der Waals surface area contributed by atoms with Crippen molar-refractivity contribution < 1.29 is 23.1 Å². The van der Waals surface area contributed by atoms with Gasteiger partial charge in [0.05, 0.1) is 28.5 Å². The third-order valence-corrected chi connectivity index (χ3v) is 7.33. The first kappa shape index (κ1) is 23.5. The van der Waals surface area contributed by atoms with Crippen LogP contribution in [0, 0.1) is 18.6 Å². The second-order valence-electron chi connectivity index (χ2n) is 10.1. The van der Waals surface area contributed by atoms with Gasteiger partial charge in [0.1, 0.15) is 16.3 Å². The Labute approximate surface area is 205 Å². The maximum atomic E-state index is 14.8. The number of hydrogen-bond acceptors (Lipinski definition) is 6. The fraction of sp³-hybridized carbons (Fsp3) is 0.458. The minimum Gasteiger partial charge on any atom is -0.444 e. The number of thiophene rings is 1. The van der Waals surface area contributed by atoms with E-state index < -0.39 is 23.1 Å². The topological polar surface area (TPSA) is 79.2 Å². The van der Waals surface area contributed by atoms with E-state index in [4.69, 9.17) is 4.74 Å². The predicted octanol–water partition coefficient (Wildman–Crippen LogP) is 4.82. The molecule has 2 aliphatic heterocycles. The number of aromatic nitrogens is 2. The summed E-state index contributed by atoms with van der Waals surface area (Å²) < 4.78 is 36.2. The van der Waals surface area contributed by atoms with Gasteiger partial charge in [-0.25, -0.2) is 18.6 Å². The largest absolute Gasteiger partial charge is 0.444 e. The van der Waals surface area contributed by atoms with Gasteiger partial charge in [0.25, 0.3) is 5.91 Å². The molecule has 8 nitrogen and oxygen atoms in total. The number of carbonyl (C=O) groups excluding carboxylic acids is 2. The Balaban J connectivity index is 1.30. The van der Waals surface area contributed by atoms with Crippen molar-refractivity contribution in [3.05, 3.63) is 46.7 Å². The lowest BCUT2D eigenvalue weighted by Crippen LogP contribution is -2.56. The van der Waals surface area contributed by atoms with Crippen LogP contribution >= 0.6 is 11.3 Å². The van der Waals surface area contributed by atoms with Crippen molar-refractivity contribution in [1.82, 2.24) is 14.3 Å². The first-order valence-electron chi connectivity index (χ1n) is 11.5. The minimum absolute atomic E-state index is 0.0284. The molecule has 2 saturated heterocycles. The van der Waals surface area contributed by atoms with Gasteiger partial charge >= 0.3 is 6.09 Å². The Morgan fingerprint density at radius 1 is 1.11 bits per heavy atom. The second-order valence-corrected chi connectivity index (χ2v) is 11.1. The molecule has 0 radical (unpaired) electrons. The summed E-state index contributed by atoms with van der Waals surface area (Å²) >= 11 is 1.05. The van der Waals surface area contributed by atoms with Crippen LogP contribution in [0.15, 0.2) is 24.5 Å². The Hall–Kier alpha value is -3.21. The Morgan fingerprint density at radius 3 is 2.46 bits per heavy atom. The number of hydrogen-bond donors (Lipinski definition) is 1. The summed E-state index contributed by atoms with van der Waals surface area (Å²) in [5.74, 6) is -1.87. The molecular formula is C24H27F2N5O3S. The molecule has 0 aliphatic carbocycles. The van der Waals surface area contributed by atoms with Crippen LogP contribution in [0.5, 0.6) is 0 Å². The van der Waals surface area contributed by atoms with E-state index in [-0.39, 0.29) is 34.4 Å². The molecule has 0 unspecified atom stereocenters. The molecule has 3 aromatic heterocycles. The molecule has 0 spiro atoms. The van der Waals surface area contributed by atoms with Gasteiger partial charge in [-0.05, 0) is 40.5 Å². The van der Waals surface area contributed by atoms with E-state index in [2.05, 4.69) is 10.3 Å². The predicted molar refractivity (Wildman–Crippen MR) is 129 cm³/mol. The number of imidazole rings is 1. The maximum Gasteiger partial charge on any atom is 0.410 e. The van der Waals surface area contributed by atoms with Crippen molar-refractivity contribution in [2.24, 2.45) is 0 Å². The maximum absolute atomic E-state index is 14.8. The molecule has 2 aliphatic rings. The lowest BCUT2D eigenvalue weighted by atomic mass is 10.2. The van der Waals surface area contributed by atoms with E-state index in [9.17, 15) is 18.4 Å². The molecular weight excluding hydrogens is 476 g/mol. The number of nitrogens with one attached hydrogen (secondary N) is 1. The highest BCUT2D eigenvalue weighted by molar-refractivity contribution is 7.18. The van der Waals surface area contributed by atoms with E-state index in [0.717, 1.165) is 24.2 Å². The molecule has 0 aromatic carbocycles. The molecule has 11 heteroatoms. The Bertz CT molecular complexity index is 1300. The van der Waals surface area contributed by atoms with Gasteiger partial charge in [-0.2, -0.15) is 0 Å². The van der Waals surface area contributed by atoms with Crippen molar-refractivity contribution >= 4 is 39.7 Å². The summed E-state index contributed by atoms with van der Waals surface area (Å²) in [7, 11) is 0. The number of pyridine rings is 1. The number of anilines is 2. The van der Waals surface area contributed by atoms with E-state index >= 15 is 0 Å². The van der Waals surface area contributed by atoms with Gasteiger partial charge in [-0.15, -0.1) is 11.3 Å². The second kappa shape index (κ2) is 8.47. The number of aryl methyl sites for hydroxylation is 1. The quantitative estimate of drug-likeness (QED) is 0.554. The van der Waals surface area contributed by atoms with Crippen molar-refractivity contribution in [3.63, 3.8) is 0 Å². The summed E-state index contributed by atoms with van der Waals surface area (Å²) in [6.07, 6.45) is 4.56. The van der Waals surface area contributed by atoms with E-state index in [0.29, 0.717) is 23.8 Å². The van der Waals surface area contributed by atoms with Crippen LogP contribution in [0.2, 0.25) is 0 Å². The van der Waals surface area contributed by atoms with Gasteiger partial charge in [-0.3, -0.25) is 9.69 Å². The zero-order valence-electron chi connectivity index (χ0n) is 20.0. The summed E-state index contributed by atoms with van der Waals surface area (Å²) in [5, 5.41) is 3.21. The zero-order valence-corrected chi connectivity index (χ0v) is 20.8. The average molecular weight is 504 g/mol. The first-order chi connectivity index (χ1) is 16.5. The molecule has 0 saturated carbocycles. The van der Waals surface area contributed by atoms with Crippen LogP contribution in [0.25, 0.3) is 5.65 Å². The Kier molecular flexibility index (Phi) is 5.70. The third kappa shape index (κ3) is 4.56. The highest BCUT2D eigenvalue weighted by Crippen LogP contribution is 2.37. The number of ether oxygens (including phenoxy) is 1. The number of halogens is 2. The summed E-state index contributed by atoms with van der Waals surface area (Å²) in [6.45, 7) is 8.34. The van der Waals surface area contributed by atoms with Crippen LogP contribution in [0.1, 0.15) is 49.0 Å². The van der Waals surface area contributed by atoms with Crippen molar-refractivity contribution in [1.29, 1.82) is 0 Å². The van der Waals surface area contributed by atoms with Crippen molar-refractivity contribution in [3.8, 4) is 0 Å². The van der Waals surface area contributed by atoms with Crippen LogP contribution in [-0.2, 0) is 4.74 Å². The van der Waals surface area contributed by atoms with Crippen molar-refractivity contribution in [2.45, 2.75) is 58.2 Å². The van der Waals surface area contributed by atoms with Crippen LogP contribution in [0.3, 0.4) is 0 Å². The average Bonchev–Trinajstić information content (AvgIpc) is 3.40. The smallest absolute Gasteiger partial charge is 0.410 e. The lowest BCUT2D eigenvalue weighted by molar-refractivity contribution is 0.0123. The van der Waals surface area contributed by atoms with Gasteiger partial charge in [-0.1, -0.05) is 0 Å². The molecule has 2 fully saturated rings. The SMILES string of the molecule is Cc1cn2cc(NC(=O)c3sc(N4C[C@H]5CC[C@@H](C4)N5C(=O)OC(C)(C)C)cc3F)cc(F)c2n1. The van der Waals surface area contributed by atoms with Gasteiger partial charge in [0.15, 0.2) is 11.5 Å². The summed E-state index contributed by atoms with van der Waals surface area (Å²) in [6, 6.07) is 2.46. The van der Waals surface area contributed by atoms with Gasteiger partial charge in [0, 0.05) is 37.6 Å². The molecule has 2 bridgehead atoms. The molecule has 35 heavy (non-hydrogen) atoms. The summed E-state index contributed by atoms with van der Waals surface area (Å²) in [5.41, 5.74) is 0.430. The number of carbonyl (C=O) groups is 2. The molecule has 2 amide bonds. The van der Waals surface area contributed by atoms with Crippen LogP contribution in [-0.4, -0.2) is 57.1 Å². The standard InChI is InChI=1S/C24H27F2N5O3S/c1-13-9-30-10-14(7-18(26)21(30)27-13)28-22(32)20-17(25)8-19(35-20)29-11-15-5-6-16(12-29)31(15)23(33)34-24(2,3)4/h7-10,15-16H,5-6,11-12H2,1-4H3,(H,28,32)/t15-,16+. The zero-order chi connectivity index (χ0) is 25.1. The molecule has 5 rings (SSSR count). The van der Waals surface area contributed by atoms with Crippen molar-refractivity contribution in [2.75, 3.05) is 23.3 Å². The fourth-order valence-corrected chi connectivity index (χ4v) is 5.75. The molecule has 186 valence electrons. The Morgan fingerprint density at radius 2 is 1.80 bits per heavy atom. The molecule has 1 N–H and O–H groups in total. The molecule has 5 heterocycles. The van der Waals surface area contributed by atoms with Crippen LogP contribution < -0.4 is 10.2 Å². The minimum atomic E-state index is -0.648. The number of fused-ring (bicyclic) bond motifs is 3. The van der Waals surface area contributed by atoms with Gasteiger partial charge < -0.3 is 19.4 Å². The molecule has 3 aromatic rings. The first-order valence-corrected chi connectivity index (χ1v) is 12.3. The van der Waals surface area contributed by atoms with E-state index in [1.807, 2.05) is 30.6 Å². The monoisotopic (exact) mass is 503 g/mol. The normalized spacial score (nSPS) is 19.9. The number of amides is 2. The third-order valence-electron chi connectivity index (χ3n) is 6.16.